The molecule has 0 atom stereocenters. The minimum absolute atomic E-state index is 0.0813. The van der Waals surface area contributed by atoms with Gasteiger partial charge < -0.3 is 19.9 Å². The Bertz CT molecular complexity index is 1230. The average Bonchev–Trinajstić information content (AvgIpc) is 3.30. The highest BCUT2D eigenvalue weighted by atomic mass is 16.5. The molecule has 3 heterocycles. The van der Waals surface area contributed by atoms with E-state index >= 15 is 0 Å². The van der Waals surface area contributed by atoms with Crippen LogP contribution in [0.2, 0.25) is 0 Å². The first-order chi connectivity index (χ1) is 15.7. The molecule has 5 rings (SSSR count). The molecular weight excluding hydrogens is 402 g/mol. The van der Waals surface area contributed by atoms with Gasteiger partial charge in [0.2, 0.25) is 0 Å². The molecule has 2 aromatic carbocycles. The monoisotopic (exact) mass is 429 g/mol. The van der Waals surface area contributed by atoms with Gasteiger partial charge in [0.15, 0.2) is 0 Å². The Labute approximate surface area is 187 Å². The first kappa shape index (κ1) is 20.3. The first-order valence-corrected chi connectivity index (χ1v) is 11.0. The predicted octanol–water partition coefficient (Wildman–Crippen LogP) is 3.28. The van der Waals surface area contributed by atoms with Crippen LogP contribution in [0.3, 0.4) is 0 Å². The van der Waals surface area contributed by atoms with Crippen molar-refractivity contribution in [2.75, 3.05) is 51.3 Å². The summed E-state index contributed by atoms with van der Waals surface area (Å²) in [5.41, 5.74) is 3.59. The Morgan fingerprint density at radius 2 is 1.84 bits per heavy atom. The number of hydrogen-bond acceptors (Lipinski definition) is 5. The minimum Gasteiger partial charge on any atom is -0.497 e. The maximum absolute atomic E-state index is 12.7. The summed E-state index contributed by atoms with van der Waals surface area (Å²) < 4.78 is 5.24. The summed E-state index contributed by atoms with van der Waals surface area (Å²) in [7, 11) is 1.68. The number of aromatic nitrogens is 2. The Kier molecular flexibility index (Phi) is 5.64. The van der Waals surface area contributed by atoms with Crippen molar-refractivity contribution in [2.24, 2.45) is 0 Å². The minimum atomic E-state index is -0.0813. The number of nitrogens with zero attached hydrogens (tertiary/aromatic N) is 3. The SMILES string of the molecule is COc1ccc(N2CCN(CCNC(=O)c3cc4ccc5cccnc5c4[nH]3)CC2)cc1. The van der Waals surface area contributed by atoms with Crippen LogP contribution in [0.5, 0.6) is 5.75 Å². The number of amides is 1. The molecule has 0 unspecified atom stereocenters. The number of ether oxygens (including phenoxy) is 1. The lowest BCUT2D eigenvalue weighted by Gasteiger charge is -2.36. The van der Waals surface area contributed by atoms with Crippen LogP contribution in [-0.2, 0) is 0 Å². The van der Waals surface area contributed by atoms with Gasteiger partial charge in [0.05, 0.1) is 18.1 Å². The molecule has 164 valence electrons. The van der Waals surface area contributed by atoms with Crippen molar-refractivity contribution in [2.45, 2.75) is 0 Å². The molecule has 0 aliphatic carbocycles. The lowest BCUT2D eigenvalue weighted by atomic mass is 10.1. The summed E-state index contributed by atoms with van der Waals surface area (Å²) in [5, 5.41) is 5.11. The van der Waals surface area contributed by atoms with E-state index in [1.54, 1.807) is 13.3 Å². The molecular formula is C25H27N5O2. The van der Waals surface area contributed by atoms with Gasteiger partial charge in [-0.05, 0) is 36.4 Å². The highest BCUT2D eigenvalue weighted by molar-refractivity contribution is 6.07. The van der Waals surface area contributed by atoms with Crippen LogP contribution < -0.4 is 15.0 Å². The third-order valence-electron chi connectivity index (χ3n) is 6.13. The molecule has 1 aliphatic rings. The number of fused-ring (bicyclic) bond motifs is 3. The van der Waals surface area contributed by atoms with Crippen LogP contribution in [0.4, 0.5) is 5.69 Å². The number of anilines is 1. The summed E-state index contributed by atoms with van der Waals surface area (Å²) in [6.45, 7) is 5.37. The summed E-state index contributed by atoms with van der Waals surface area (Å²) in [4.78, 5) is 25.2. The third kappa shape index (κ3) is 4.11. The van der Waals surface area contributed by atoms with E-state index in [4.69, 9.17) is 4.74 Å². The quantitative estimate of drug-likeness (QED) is 0.492. The van der Waals surface area contributed by atoms with Crippen molar-refractivity contribution >= 4 is 33.4 Å². The van der Waals surface area contributed by atoms with E-state index in [1.807, 2.05) is 42.5 Å². The van der Waals surface area contributed by atoms with Gasteiger partial charge in [0.25, 0.3) is 5.91 Å². The van der Waals surface area contributed by atoms with Gasteiger partial charge >= 0.3 is 0 Å². The molecule has 7 heteroatoms. The van der Waals surface area contributed by atoms with Gasteiger partial charge in [0.1, 0.15) is 11.4 Å². The van der Waals surface area contributed by atoms with E-state index in [0.717, 1.165) is 60.3 Å². The van der Waals surface area contributed by atoms with Gasteiger partial charge in [0, 0.05) is 61.9 Å². The van der Waals surface area contributed by atoms with Crippen LogP contribution in [0.15, 0.2) is 60.8 Å². The standard InChI is InChI=1S/C25H27N5O2/c1-32-21-8-6-20(7-9-21)30-15-13-29(14-16-30)12-11-27-25(31)22-17-19-5-4-18-3-2-10-26-23(18)24(19)28-22/h2-10,17,28H,11-16H2,1H3,(H,27,31). The van der Waals surface area contributed by atoms with Crippen LogP contribution >= 0.6 is 0 Å². The second-order valence-corrected chi connectivity index (χ2v) is 8.07. The number of rotatable bonds is 6. The van der Waals surface area contributed by atoms with Gasteiger partial charge in [-0.2, -0.15) is 0 Å². The molecule has 0 saturated carbocycles. The number of aromatic amines is 1. The number of nitrogens with one attached hydrogen (secondary N) is 2. The Morgan fingerprint density at radius 3 is 2.62 bits per heavy atom. The van der Waals surface area contributed by atoms with E-state index in [1.165, 1.54) is 5.69 Å². The molecule has 0 spiro atoms. The Morgan fingerprint density at radius 1 is 1.06 bits per heavy atom. The second-order valence-electron chi connectivity index (χ2n) is 8.07. The number of H-pyrrole nitrogens is 1. The third-order valence-corrected chi connectivity index (χ3v) is 6.13. The summed E-state index contributed by atoms with van der Waals surface area (Å²) >= 11 is 0. The van der Waals surface area contributed by atoms with Crippen molar-refractivity contribution in [3.8, 4) is 5.75 Å². The molecule has 32 heavy (non-hydrogen) atoms. The highest BCUT2D eigenvalue weighted by Crippen LogP contribution is 2.24. The fourth-order valence-electron chi connectivity index (χ4n) is 4.31. The predicted molar refractivity (Wildman–Crippen MR) is 128 cm³/mol. The zero-order valence-corrected chi connectivity index (χ0v) is 18.2. The molecule has 1 amide bonds. The topological polar surface area (TPSA) is 73.5 Å². The lowest BCUT2D eigenvalue weighted by molar-refractivity contribution is 0.0943. The zero-order valence-electron chi connectivity index (χ0n) is 18.2. The molecule has 0 bridgehead atoms. The fraction of sp³-hybridized carbons (Fsp3) is 0.280. The summed E-state index contributed by atoms with van der Waals surface area (Å²) in [6, 6.07) is 18.1. The Balaban J connectivity index is 1.13. The smallest absolute Gasteiger partial charge is 0.267 e. The number of hydrogen-bond donors (Lipinski definition) is 2. The second kappa shape index (κ2) is 8.88. The van der Waals surface area contributed by atoms with Gasteiger partial charge in [-0.1, -0.05) is 18.2 Å². The van der Waals surface area contributed by atoms with Crippen LogP contribution in [0.1, 0.15) is 10.5 Å². The van der Waals surface area contributed by atoms with Crippen LogP contribution in [0.25, 0.3) is 21.8 Å². The average molecular weight is 430 g/mol. The van der Waals surface area contributed by atoms with Crippen LogP contribution in [-0.4, -0.2) is 67.2 Å². The van der Waals surface area contributed by atoms with E-state index < -0.39 is 0 Å². The molecule has 1 saturated heterocycles. The number of piperazine rings is 1. The number of pyridine rings is 1. The maximum Gasteiger partial charge on any atom is 0.267 e. The van der Waals surface area contributed by atoms with Crippen molar-refractivity contribution in [1.82, 2.24) is 20.2 Å². The molecule has 2 aromatic heterocycles. The molecule has 4 aromatic rings. The van der Waals surface area contributed by atoms with E-state index in [0.29, 0.717) is 12.2 Å². The lowest BCUT2D eigenvalue weighted by Crippen LogP contribution is -2.48. The fourth-order valence-corrected chi connectivity index (χ4v) is 4.31. The normalized spacial score (nSPS) is 14.7. The first-order valence-electron chi connectivity index (χ1n) is 11.0. The van der Waals surface area contributed by atoms with Crippen LogP contribution in [0, 0.1) is 0 Å². The van der Waals surface area contributed by atoms with Gasteiger partial charge in [-0.3, -0.25) is 14.7 Å². The Hall–Kier alpha value is -3.58. The maximum atomic E-state index is 12.7. The molecule has 1 fully saturated rings. The number of carbonyl (C=O) groups excluding carboxylic acids is 1. The van der Waals surface area contributed by atoms with Crippen molar-refractivity contribution in [3.05, 3.63) is 66.5 Å². The van der Waals surface area contributed by atoms with Gasteiger partial charge in [-0.25, -0.2) is 0 Å². The van der Waals surface area contributed by atoms with E-state index in [2.05, 4.69) is 37.2 Å². The zero-order chi connectivity index (χ0) is 21.9. The molecule has 7 nitrogen and oxygen atoms in total. The molecule has 2 N–H and O–H groups in total. The van der Waals surface area contributed by atoms with E-state index in [-0.39, 0.29) is 5.91 Å². The number of methoxy groups -OCH3 is 1. The highest BCUT2D eigenvalue weighted by Gasteiger charge is 2.18. The molecule has 0 radical (unpaired) electrons. The summed E-state index contributed by atoms with van der Waals surface area (Å²) in [5.74, 6) is 0.796. The number of benzene rings is 2. The van der Waals surface area contributed by atoms with E-state index in [9.17, 15) is 4.79 Å². The largest absolute Gasteiger partial charge is 0.497 e. The van der Waals surface area contributed by atoms with Gasteiger partial charge in [-0.15, -0.1) is 0 Å². The van der Waals surface area contributed by atoms with Crippen molar-refractivity contribution < 1.29 is 9.53 Å². The van der Waals surface area contributed by atoms with Crippen molar-refractivity contribution in [1.29, 1.82) is 0 Å². The molecule has 1 aliphatic heterocycles. The summed E-state index contributed by atoms with van der Waals surface area (Å²) in [6.07, 6.45) is 1.77. The van der Waals surface area contributed by atoms with Crippen molar-refractivity contribution in [3.63, 3.8) is 0 Å². The number of carbonyl (C=O) groups is 1.